The Morgan fingerprint density at radius 1 is 1.29 bits per heavy atom. The van der Waals surface area contributed by atoms with Gasteiger partial charge in [0.05, 0.1) is 13.2 Å². The molecule has 3 nitrogen and oxygen atoms in total. The lowest BCUT2D eigenvalue weighted by molar-refractivity contribution is -0.153. The van der Waals surface area contributed by atoms with E-state index in [1.165, 1.54) is 7.11 Å². The molecule has 0 aromatic heterocycles. The summed E-state index contributed by atoms with van der Waals surface area (Å²) < 4.78 is 4.84. The van der Waals surface area contributed by atoms with Crippen molar-refractivity contribution >= 4 is 5.97 Å². The predicted octanol–water partition coefficient (Wildman–Crippen LogP) is 2.13. The molecule has 3 heteroatoms. The van der Waals surface area contributed by atoms with Crippen molar-refractivity contribution in [3.05, 3.63) is 35.9 Å². The molecule has 0 aliphatic carbocycles. The normalized spacial score (nSPS) is 16.4. The van der Waals surface area contributed by atoms with E-state index in [0.717, 1.165) is 5.56 Å². The molecule has 0 saturated heterocycles. The molecule has 0 spiro atoms. The topological polar surface area (TPSA) is 46.5 Å². The van der Waals surface area contributed by atoms with Crippen LogP contribution in [0.25, 0.3) is 0 Å². The van der Waals surface area contributed by atoms with Crippen LogP contribution in [0.15, 0.2) is 30.3 Å². The van der Waals surface area contributed by atoms with Crippen molar-refractivity contribution in [1.82, 2.24) is 0 Å². The van der Waals surface area contributed by atoms with Gasteiger partial charge in [0.15, 0.2) is 0 Å². The van der Waals surface area contributed by atoms with Crippen molar-refractivity contribution < 1.29 is 14.6 Å². The van der Waals surface area contributed by atoms with Gasteiger partial charge >= 0.3 is 5.97 Å². The van der Waals surface area contributed by atoms with Gasteiger partial charge in [-0.05, 0) is 18.4 Å². The summed E-state index contributed by atoms with van der Waals surface area (Å²) in [7, 11) is 1.34. The highest BCUT2D eigenvalue weighted by Crippen LogP contribution is 2.32. The van der Waals surface area contributed by atoms with Crippen LogP contribution in [0.3, 0.4) is 0 Å². The summed E-state index contributed by atoms with van der Waals surface area (Å²) in [4.78, 5) is 12.0. The first kappa shape index (κ1) is 13.7. The van der Waals surface area contributed by atoms with Crippen molar-refractivity contribution in [3.8, 4) is 0 Å². The van der Waals surface area contributed by atoms with Crippen LogP contribution in [0.1, 0.15) is 26.3 Å². The molecule has 0 fully saturated rings. The third kappa shape index (κ3) is 2.50. The molecule has 0 aliphatic heterocycles. The van der Waals surface area contributed by atoms with Crippen molar-refractivity contribution in [2.45, 2.75) is 32.3 Å². The summed E-state index contributed by atoms with van der Waals surface area (Å²) in [5.74, 6) is -0.441. The summed E-state index contributed by atoms with van der Waals surface area (Å²) >= 11 is 0. The molecule has 1 aromatic rings. The van der Waals surface area contributed by atoms with Crippen molar-refractivity contribution in [3.63, 3.8) is 0 Å². The second-order valence-electron chi connectivity index (χ2n) is 4.75. The summed E-state index contributed by atoms with van der Waals surface area (Å²) in [5, 5.41) is 10.3. The minimum absolute atomic E-state index is 0.0284. The molecule has 0 unspecified atom stereocenters. The van der Waals surface area contributed by atoms with E-state index in [4.69, 9.17) is 4.74 Å². The maximum atomic E-state index is 12.0. The average molecular weight is 236 g/mol. The van der Waals surface area contributed by atoms with Gasteiger partial charge in [-0.1, -0.05) is 44.2 Å². The molecule has 0 bridgehead atoms. The van der Waals surface area contributed by atoms with E-state index < -0.39 is 17.5 Å². The third-order valence-corrected chi connectivity index (χ3v) is 3.21. The zero-order chi connectivity index (χ0) is 13.1. The first-order valence-electron chi connectivity index (χ1n) is 5.76. The zero-order valence-corrected chi connectivity index (χ0v) is 10.8. The van der Waals surface area contributed by atoms with Crippen LogP contribution in [0.4, 0.5) is 0 Å². The molecule has 94 valence electrons. The number of hydrogen-bond donors (Lipinski definition) is 1. The van der Waals surface area contributed by atoms with E-state index >= 15 is 0 Å². The summed E-state index contributed by atoms with van der Waals surface area (Å²) in [6, 6.07) is 9.25. The fourth-order valence-electron chi connectivity index (χ4n) is 2.07. The van der Waals surface area contributed by atoms with Crippen LogP contribution >= 0.6 is 0 Å². The van der Waals surface area contributed by atoms with Crippen LogP contribution in [0, 0.1) is 5.92 Å². The van der Waals surface area contributed by atoms with E-state index in [1.807, 2.05) is 44.2 Å². The van der Waals surface area contributed by atoms with Crippen LogP contribution < -0.4 is 0 Å². The number of rotatable bonds is 4. The molecule has 0 heterocycles. The predicted molar refractivity (Wildman–Crippen MR) is 66.7 cm³/mol. The molecule has 0 aliphatic rings. The second-order valence-corrected chi connectivity index (χ2v) is 4.75. The van der Waals surface area contributed by atoms with Gasteiger partial charge in [-0.2, -0.15) is 0 Å². The van der Waals surface area contributed by atoms with Gasteiger partial charge in [-0.3, -0.25) is 4.79 Å². The van der Waals surface area contributed by atoms with Crippen molar-refractivity contribution in [2.75, 3.05) is 7.11 Å². The average Bonchev–Trinajstić information content (AvgIpc) is 2.36. The molecule has 1 aromatic carbocycles. The quantitative estimate of drug-likeness (QED) is 0.815. The maximum Gasteiger partial charge on any atom is 0.318 e. The number of methoxy groups -OCH3 is 1. The molecule has 17 heavy (non-hydrogen) atoms. The Morgan fingerprint density at radius 3 is 2.24 bits per heavy atom. The van der Waals surface area contributed by atoms with E-state index in [1.54, 1.807) is 6.92 Å². The number of hydrogen-bond acceptors (Lipinski definition) is 3. The molecule has 0 amide bonds. The van der Waals surface area contributed by atoms with E-state index in [2.05, 4.69) is 0 Å². The Labute approximate surface area is 102 Å². The Hall–Kier alpha value is -1.35. The van der Waals surface area contributed by atoms with Gasteiger partial charge in [0.1, 0.15) is 5.41 Å². The summed E-state index contributed by atoms with van der Waals surface area (Å²) in [6.07, 6.45) is -0.780. The number of esters is 1. The lowest BCUT2D eigenvalue weighted by Gasteiger charge is -2.34. The second kappa shape index (κ2) is 5.32. The van der Waals surface area contributed by atoms with Gasteiger partial charge in [-0.25, -0.2) is 0 Å². The lowest BCUT2D eigenvalue weighted by Crippen LogP contribution is -2.47. The summed E-state index contributed by atoms with van der Waals surface area (Å²) in [5.41, 5.74) is -0.252. The molecule has 0 saturated carbocycles. The largest absolute Gasteiger partial charge is 0.468 e. The highest BCUT2D eigenvalue weighted by Gasteiger charge is 2.44. The molecule has 2 atom stereocenters. The number of carbonyl (C=O) groups excluding carboxylic acids is 1. The first-order valence-corrected chi connectivity index (χ1v) is 5.76. The Kier molecular flexibility index (Phi) is 4.29. The number of aliphatic hydroxyl groups excluding tert-OH is 1. The minimum atomic E-state index is -1.02. The van der Waals surface area contributed by atoms with Crippen LogP contribution in [0.5, 0.6) is 0 Å². The van der Waals surface area contributed by atoms with Gasteiger partial charge in [-0.15, -0.1) is 0 Å². The van der Waals surface area contributed by atoms with Crippen LogP contribution in [-0.4, -0.2) is 24.3 Å². The van der Waals surface area contributed by atoms with Gasteiger partial charge < -0.3 is 9.84 Å². The lowest BCUT2D eigenvalue weighted by atomic mass is 9.73. The number of ether oxygens (including phenoxy) is 1. The number of aliphatic hydroxyl groups is 1. The fourth-order valence-corrected chi connectivity index (χ4v) is 2.07. The third-order valence-electron chi connectivity index (χ3n) is 3.21. The fraction of sp³-hybridized carbons (Fsp3) is 0.500. The van der Waals surface area contributed by atoms with Crippen LogP contribution in [-0.2, 0) is 14.9 Å². The molecule has 1 N–H and O–H groups in total. The summed E-state index contributed by atoms with van der Waals surface area (Å²) in [6.45, 7) is 5.49. The first-order chi connectivity index (χ1) is 7.94. The Morgan fingerprint density at radius 2 is 1.82 bits per heavy atom. The van der Waals surface area contributed by atoms with E-state index in [0.29, 0.717) is 0 Å². The standard InChI is InChI=1S/C14H20O3/c1-10(2)12(15)14(3,13(16)17-4)11-8-6-5-7-9-11/h5-10,12,15H,1-4H3/t12-,14+/m1/s1. The highest BCUT2D eigenvalue weighted by molar-refractivity contribution is 5.83. The Bertz CT molecular complexity index is 372. The molecular weight excluding hydrogens is 216 g/mol. The minimum Gasteiger partial charge on any atom is -0.468 e. The van der Waals surface area contributed by atoms with Gasteiger partial charge in [0.2, 0.25) is 0 Å². The van der Waals surface area contributed by atoms with Gasteiger partial charge in [0, 0.05) is 0 Å². The molecular formula is C14H20O3. The monoisotopic (exact) mass is 236 g/mol. The molecule has 0 radical (unpaired) electrons. The zero-order valence-electron chi connectivity index (χ0n) is 10.8. The van der Waals surface area contributed by atoms with E-state index in [9.17, 15) is 9.90 Å². The molecule has 1 rings (SSSR count). The highest BCUT2D eigenvalue weighted by atomic mass is 16.5. The SMILES string of the molecule is COC(=O)[C@@](C)(c1ccccc1)[C@H](O)C(C)C. The number of carbonyl (C=O) groups is 1. The van der Waals surface area contributed by atoms with Crippen molar-refractivity contribution in [2.24, 2.45) is 5.92 Å². The van der Waals surface area contributed by atoms with Gasteiger partial charge in [0.25, 0.3) is 0 Å². The Balaban J connectivity index is 3.25. The van der Waals surface area contributed by atoms with Crippen molar-refractivity contribution in [1.29, 1.82) is 0 Å². The van der Waals surface area contributed by atoms with E-state index in [-0.39, 0.29) is 5.92 Å². The number of benzene rings is 1. The smallest absolute Gasteiger partial charge is 0.318 e. The maximum absolute atomic E-state index is 12.0. The van der Waals surface area contributed by atoms with Crippen LogP contribution in [0.2, 0.25) is 0 Å².